The highest BCUT2D eigenvalue weighted by atomic mass is 19.4. The molecule has 0 saturated heterocycles. The smallest absolute Gasteiger partial charge is 0.422 e. The van der Waals surface area contributed by atoms with Crippen LogP contribution in [0.3, 0.4) is 0 Å². The highest BCUT2D eigenvalue weighted by Crippen LogP contribution is 2.30. The molecule has 9 heteroatoms. The molecule has 1 aromatic carbocycles. The molecule has 0 aliphatic rings. The summed E-state index contributed by atoms with van der Waals surface area (Å²) in [6, 6.07) is 4.31. The van der Waals surface area contributed by atoms with Gasteiger partial charge in [0.25, 0.3) is 0 Å². The first-order valence-electron chi connectivity index (χ1n) is 8.89. The van der Waals surface area contributed by atoms with Gasteiger partial charge in [0.05, 0.1) is 13.7 Å². The molecular weight excluding hydrogens is 379 g/mol. The summed E-state index contributed by atoms with van der Waals surface area (Å²) in [6.45, 7) is 3.98. The molecule has 0 spiro atoms. The van der Waals surface area contributed by atoms with E-state index in [0.717, 1.165) is 0 Å². The van der Waals surface area contributed by atoms with Gasteiger partial charge in [-0.15, -0.1) is 0 Å². The van der Waals surface area contributed by atoms with E-state index in [2.05, 4.69) is 0 Å². The third kappa shape index (κ3) is 8.06. The molecule has 1 rings (SSSR count). The minimum absolute atomic E-state index is 0.0268. The Morgan fingerprint density at radius 1 is 1.18 bits per heavy atom. The summed E-state index contributed by atoms with van der Waals surface area (Å²) in [5, 5.41) is 0. The highest BCUT2D eigenvalue weighted by Gasteiger charge is 2.29. The van der Waals surface area contributed by atoms with Gasteiger partial charge in [-0.3, -0.25) is 9.59 Å². The fourth-order valence-corrected chi connectivity index (χ4v) is 2.45. The number of esters is 1. The average molecular weight is 405 g/mol. The number of halogens is 3. The minimum Gasteiger partial charge on any atom is -0.493 e. The van der Waals surface area contributed by atoms with Crippen molar-refractivity contribution in [3.63, 3.8) is 0 Å². The largest absolute Gasteiger partial charge is 0.493 e. The van der Waals surface area contributed by atoms with Gasteiger partial charge in [0.2, 0.25) is 5.91 Å². The summed E-state index contributed by atoms with van der Waals surface area (Å²) < 4.78 is 51.6. The van der Waals surface area contributed by atoms with Crippen LogP contribution in [0, 0.1) is 0 Å². The van der Waals surface area contributed by atoms with Crippen molar-refractivity contribution in [2.24, 2.45) is 0 Å². The molecule has 0 bridgehead atoms. The average Bonchev–Trinajstić information content (AvgIpc) is 2.62. The van der Waals surface area contributed by atoms with Crippen LogP contribution in [0.15, 0.2) is 18.2 Å². The molecule has 0 fully saturated rings. The Hall–Kier alpha value is -2.45. The third-order valence-electron chi connectivity index (χ3n) is 3.80. The normalized spacial score (nSPS) is 11.3. The van der Waals surface area contributed by atoms with Gasteiger partial charge < -0.3 is 19.1 Å². The van der Waals surface area contributed by atoms with Crippen LogP contribution < -0.4 is 9.47 Å². The Bertz CT molecular complexity index is 661. The van der Waals surface area contributed by atoms with Crippen molar-refractivity contribution < 1.29 is 37.0 Å². The van der Waals surface area contributed by atoms with E-state index in [-0.39, 0.29) is 43.0 Å². The van der Waals surface area contributed by atoms with E-state index in [1.54, 1.807) is 26.8 Å². The Morgan fingerprint density at radius 3 is 2.39 bits per heavy atom. The minimum atomic E-state index is -4.45. The van der Waals surface area contributed by atoms with Crippen molar-refractivity contribution >= 4 is 11.9 Å². The van der Waals surface area contributed by atoms with Crippen molar-refractivity contribution in [3.8, 4) is 11.5 Å². The molecule has 0 aliphatic carbocycles. The lowest BCUT2D eigenvalue weighted by Crippen LogP contribution is -2.41. The maximum atomic E-state index is 12.5. The van der Waals surface area contributed by atoms with Crippen LogP contribution in [0.2, 0.25) is 0 Å². The summed E-state index contributed by atoms with van der Waals surface area (Å²) >= 11 is 0. The summed E-state index contributed by atoms with van der Waals surface area (Å²) in [7, 11) is 1.32. The Labute approximate surface area is 162 Å². The lowest BCUT2D eigenvalue weighted by Gasteiger charge is -2.25. The zero-order chi connectivity index (χ0) is 21.3. The SMILES string of the molecule is CCOC(=O)CN(C(=O)CCc1ccc(OCC(F)(F)F)c(OC)c1)C(C)C. The van der Waals surface area contributed by atoms with E-state index >= 15 is 0 Å². The number of carbonyl (C=O) groups is 2. The second-order valence-corrected chi connectivity index (χ2v) is 6.31. The molecule has 1 amide bonds. The maximum absolute atomic E-state index is 12.5. The molecule has 0 atom stereocenters. The van der Waals surface area contributed by atoms with E-state index < -0.39 is 18.8 Å². The lowest BCUT2D eigenvalue weighted by atomic mass is 10.1. The van der Waals surface area contributed by atoms with Gasteiger partial charge in [-0.2, -0.15) is 13.2 Å². The second-order valence-electron chi connectivity index (χ2n) is 6.31. The molecule has 0 N–H and O–H groups in total. The van der Waals surface area contributed by atoms with E-state index in [0.29, 0.717) is 12.0 Å². The monoisotopic (exact) mass is 405 g/mol. The fourth-order valence-electron chi connectivity index (χ4n) is 2.45. The van der Waals surface area contributed by atoms with Crippen molar-refractivity contribution in [3.05, 3.63) is 23.8 Å². The van der Waals surface area contributed by atoms with Crippen LogP contribution in [0.25, 0.3) is 0 Å². The quantitative estimate of drug-likeness (QED) is 0.559. The molecule has 158 valence electrons. The van der Waals surface area contributed by atoms with E-state index in [9.17, 15) is 22.8 Å². The Balaban J connectivity index is 2.74. The highest BCUT2D eigenvalue weighted by molar-refractivity contribution is 5.82. The van der Waals surface area contributed by atoms with Crippen LogP contribution >= 0.6 is 0 Å². The van der Waals surface area contributed by atoms with E-state index in [1.807, 2.05) is 0 Å². The summed E-state index contributed by atoms with van der Waals surface area (Å²) in [5.74, 6) is -0.570. The zero-order valence-electron chi connectivity index (χ0n) is 16.5. The first kappa shape index (κ1) is 23.6. The van der Waals surface area contributed by atoms with Gasteiger partial charge in [0, 0.05) is 12.5 Å². The van der Waals surface area contributed by atoms with Gasteiger partial charge in [-0.05, 0) is 44.9 Å². The Kier molecular flexibility index (Phi) is 9.08. The number of hydrogen-bond donors (Lipinski definition) is 0. The maximum Gasteiger partial charge on any atom is 0.422 e. The number of rotatable bonds is 10. The predicted molar refractivity (Wildman–Crippen MR) is 96.3 cm³/mol. The standard InChI is InChI=1S/C19H26F3NO5/c1-5-27-18(25)11-23(13(2)3)17(24)9-7-14-6-8-15(16(10-14)26-4)28-12-19(20,21)22/h6,8,10,13H,5,7,9,11-12H2,1-4H3. The number of benzene rings is 1. The first-order chi connectivity index (χ1) is 13.1. The van der Waals surface area contributed by atoms with Gasteiger partial charge in [0.1, 0.15) is 6.54 Å². The summed E-state index contributed by atoms with van der Waals surface area (Å²) in [6.07, 6.45) is -3.99. The van der Waals surface area contributed by atoms with Gasteiger partial charge in [0.15, 0.2) is 18.1 Å². The molecule has 0 aliphatic heterocycles. The molecule has 0 radical (unpaired) electrons. The molecule has 0 heterocycles. The molecular formula is C19H26F3NO5. The first-order valence-corrected chi connectivity index (χ1v) is 8.89. The second kappa shape index (κ2) is 10.8. The summed E-state index contributed by atoms with van der Waals surface area (Å²) in [4.78, 5) is 25.6. The number of methoxy groups -OCH3 is 1. The molecule has 28 heavy (non-hydrogen) atoms. The van der Waals surface area contributed by atoms with Gasteiger partial charge in [-0.25, -0.2) is 0 Å². The van der Waals surface area contributed by atoms with Crippen molar-refractivity contribution in [1.29, 1.82) is 0 Å². The van der Waals surface area contributed by atoms with Crippen LogP contribution in [0.1, 0.15) is 32.8 Å². The van der Waals surface area contributed by atoms with Crippen LogP contribution in [-0.4, -0.2) is 55.9 Å². The number of aryl methyl sites for hydroxylation is 1. The van der Waals surface area contributed by atoms with Gasteiger partial charge in [-0.1, -0.05) is 6.07 Å². The number of carbonyl (C=O) groups excluding carboxylic acids is 2. The molecule has 0 aromatic heterocycles. The molecule has 0 unspecified atom stereocenters. The number of hydrogen-bond acceptors (Lipinski definition) is 5. The van der Waals surface area contributed by atoms with Gasteiger partial charge >= 0.3 is 12.1 Å². The molecule has 0 saturated carbocycles. The van der Waals surface area contributed by atoms with E-state index in [4.69, 9.17) is 14.2 Å². The molecule has 6 nitrogen and oxygen atoms in total. The number of ether oxygens (including phenoxy) is 3. The predicted octanol–water partition coefficient (Wildman–Crippen LogP) is 3.37. The van der Waals surface area contributed by atoms with Crippen LogP contribution in [0.4, 0.5) is 13.2 Å². The van der Waals surface area contributed by atoms with E-state index in [1.165, 1.54) is 24.1 Å². The van der Waals surface area contributed by atoms with Crippen molar-refractivity contribution in [2.45, 2.75) is 45.8 Å². The topological polar surface area (TPSA) is 65.1 Å². The number of alkyl halides is 3. The number of amides is 1. The summed E-state index contributed by atoms with van der Waals surface area (Å²) in [5.41, 5.74) is 0.699. The van der Waals surface area contributed by atoms with Crippen molar-refractivity contribution in [1.82, 2.24) is 4.90 Å². The Morgan fingerprint density at radius 2 is 1.86 bits per heavy atom. The lowest BCUT2D eigenvalue weighted by molar-refractivity contribution is -0.153. The zero-order valence-corrected chi connectivity index (χ0v) is 16.5. The molecule has 1 aromatic rings. The number of nitrogens with zero attached hydrogens (tertiary/aromatic N) is 1. The fraction of sp³-hybridized carbons (Fsp3) is 0.579. The third-order valence-corrected chi connectivity index (χ3v) is 3.80. The van der Waals surface area contributed by atoms with Crippen LogP contribution in [-0.2, 0) is 20.7 Å². The van der Waals surface area contributed by atoms with Crippen LogP contribution in [0.5, 0.6) is 11.5 Å². The van der Waals surface area contributed by atoms with Crippen molar-refractivity contribution in [2.75, 3.05) is 26.9 Å².